The van der Waals surface area contributed by atoms with Crippen molar-refractivity contribution in [3.05, 3.63) is 23.5 Å². The minimum atomic E-state index is -0.182. The third-order valence-corrected chi connectivity index (χ3v) is 4.61. The Balaban J connectivity index is 2.09. The van der Waals surface area contributed by atoms with Crippen molar-refractivity contribution in [1.82, 2.24) is 4.98 Å². The summed E-state index contributed by atoms with van der Waals surface area (Å²) >= 11 is 0. The average Bonchev–Trinajstić information content (AvgIpc) is 2.40. The van der Waals surface area contributed by atoms with E-state index in [0.717, 1.165) is 48.7 Å². The molecule has 0 spiro atoms. The number of aliphatic hydroxyl groups is 1. The molecule has 2 rings (SSSR count). The lowest BCUT2D eigenvalue weighted by atomic mass is 9.73. The lowest BCUT2D eigenvalue weighted by molar-refractivity contribution is 0.0374. The van der Waals surface area contributed by atoms with Gasteiger partial charge in [0.25, 0.3) is 0 Å². The van der Waals surface area contributed by atoms with E-state index in [1.54, 1.807) is 7.11 Å². The van der Waals surface area contributed by atoms with Crippen molar-refractivity contribution in [2.45, 2.75) is 52.6 Å². The van der Waals surface area contributed by atoms with Crippen molar-refractivity contribution in [2.75, 3.05) is 7.11 Å². The Bertz CT molecular complexity index is 445. The van der Waals surface area contributed by atoms with Crippen LogP contribution >= 0.6 is 0 Å². The van der Waals surface area contributed by atoms with Gasteiger partial charge in [0.05, 0.1) is 13.2 Å². The summed E-state index contributed by atoms with van der Waals surface area (Å²) in [5.41, 5.74) is 2.01. The lowest BCUT2D eigenvalue weighted by Crippen LogP contribution is -2.32. The van der Waals surface area contributed by atoms with Gasteiger partial charge in [0.15, 0.2) is 0 Å². The molecule has 112 valence electrons. The summed E-state index contributed by atoms with van der Waals surface area (Å²) in [7, 11) is 1.68. The molecule has 1 aromatic heterocycles. The fourth-order valence-electron chi connectivity index (χ4n) is 3.30. The number of aliphatic hydroxyl groups excluding tert-OH is 1. The fourth-order valence-corrected chi connectivity index (χ4v) is 3.30. The van der Waals surface area contributed by atoms with Crippen LogP contribution in [0.15, 0.2) is 12.1 Å². The van der Waals surface area contributed by atoms with Crippen molar-refractivity contribution in [3.8, 4) is 5.75 Å². The highest BCUT2D eigenvalue weighted by Gasteiger charge is 2.30. The van der Waals surface area contributed by atoms with E-state index in [0.29, 0.717) is 11.8 Å². The SMILES string of the molecule is COc1cc(C)nc(CC2CC(C(C)C)CCC2O)c1. The van der Waals surface area contributed by atoms with Gasteiger partial charge in [-0.2, -0.15) is 0 Å². The predicted molar refractivity (Wildman–Crippen MR) is 80.9 cm³/mol. The van der Waals surface area contributed by atoms with Gasteiger partial charge in [-0.05, 0) is 50.4 Å². The van der Waals surface area contributed by atoms with Gasteiger partial charge < -0.3 is 9.84 Å². The largest absolute Gasteiger partial charge is 0.497 e. The second-order valence-corrected chi connectivity index (χ2v) is 6.49. The van der Waals surface area contributed by atoms with Crippen LogP contribution in [0.4, 0.5) is 0 Å². The highest BCUT2D eigenvalue weighted by Crippen LogP contribution is 2.35. The van der Waals surface area contributed by atoms with Crippen molar-refractivity contribution < 1.29 is 9.84 Å². The van der Waals surface area contributed by atoms with Gasteiger partial charge in [0.2, 0.25) is 0 Å². The number of aryl methyl sites for hydroxylation is 1. The Morgan fingerprint density at radius 1 is 1.35 bits per heavy atom. The third-order valence-electron chi connectivity index (χ3n) is 4.61. The molecule has 0 amide bonds. The maximum atomic E-state index is 10.3. The molecule has 0 aromatic carbocycles. The summed E-state index contributed by atoms with van der Waals surface area (Å²) in [6.07, 6.45) is 3.86. The van der Waals surface area contributed by atoms with Gasteiger partial charge in [0.1, 0.15) is 5.75 Å². The van der Waals surface area contributed by atoms with E-state index in [2.05, 4.69) is 18.8 Å². The van der Waals surface area contributed by atoms with Crippen LogP contribution in [0.1, 0.15) is 44.5 Å². The number of rotatable bonds is 4. The fraction of sp³-hybridized carbons (Fsp3) is 0.706. The summed E-state index contributed by atoms with van der Waals surface area (Å²) in [6, 6.07) is 3.94. The molecule has 0 aliphatic heterocycles. The van der Waals surface area contributed by atoms with E-state index >= 15 is 0 Å². The van der Waals surface area contributed by atoms with Gasteiger partial charge in [-0.1, -0.05) is 13.8 Å². The summed E-state index contributed by atoms with van der Waals surface area (Å²) in [4.78, 5) is 4.59. The van der Waals surface area contributed by atoms with E-state index in [-0.39, 0.29) is 6.10 Å². The van der Waals surface area contributed by atoms with Crippen LogP contribution in [0.5, 0.6) is 5.75 Å². The molecular weight excluding hydrogens is 250 g/mol. The van der Waals surface area contributed by atoms with Gasteiger partial charge in [-0.25, -0.2) is 0 Å². The smallest absolute Gasteiger partial charge is 0.122 e. The van der Waals surface area contributed by atoms with Crippen LogP contribution in [0.25, 0.3) is 0 Å². The third kappa shape index (κ3) is 3.72. The second kappa shape index (κ2) is 6.57. The Morgan fingerprint density at radius 2 is 2.10 bits per heavy atom. The summed E-state index contributed by atoms with van der Waals surface area (Å²) < 4.78 is 5.31. The summed E-state index contributed by atoms with van der Waals surface area (Å²) in [6.45, 7) is 6.56. The van der Waals surface area contributed by atoms with Crippen molar-refractivity contribution in [2.24, 2.45) is 17.8 Å². The molecule has 3 atom stereocenters. The Labute approximate surface area is 122 Å². The Morgan fingerprint density at radius 3 is 2.75 bits per heavy atom. The van der Waals surface area contributed by atoms with Crippen molar-refractivity contribution in [1.29, 1.82) is 0 Å². The first kappa shape index (κ1) is 15.3. The quantitative estimate of drug-likeness (QED) is 0.917. The van der Waals surface area contributed by atoms with Crippen molar-refractivity contribution >= 4 is 0 Å². The number of hydrogen-bond acceptors (Lipinski definition) is 3. The first-order chi connectivity index (χ1) is 9.49. The number of pyridine rings is 1. The maximum absolute atomic E-state index is 10.3. The molecule has 1 aromatic rings. The molecule has 0 bridgehead atoms. The molecule has 1 fully saturated rings. The van der Waals surface area contributed by atoms with E-state index in [1.807, 2.05) is 19.1 Å². The van der Waals surface area contributed by atoms with Crippen LogP contribution in [0.2, 0.25) is 0 Å². The number of hydrogen-bond donors (Lipinski definition) is 1. The normalized spacial score (nSPS) is 26.8. The molecule has 20 heavy (non-hydrogen) atoms. The Hall–Kier alpha value is -1.09. The molecule has 0 saturated heterocycles. The number of ether oxygens (including phenoxy) is 1. The molecule has 3 unspecified atom stereocenters. The zero-order valence-corrected chi connectivity index (χ0v) is 13.1. The van der Waals surface area contributed by atoms with Gasteiger partial charge in [-0.3, -0.25) is 4.98 Å². The average molecular weight is 277 g/mol. The van der Waals surface area contributed by atoms with Gasteiger partial charge in [0, 0.05) is 23.5 Å². The number of aromatic nitrogens is 1. The van der Waals surface area contributed by atoms with Crippen LogP contribution in [-0.4, -0.2) is 23.3 Å². The molecule has 1 aliphatic carbocycles. The highest BCUT2D eigenvalue weighted by atomic mass is 16.5. The molecular formula is C17H27NO2. The molecule has 1 saturated carbocycles. The predicted octanol–water partition coefficient (Wildman–Crippen LogP) is 3.37. The lowest BCUT2D eigenvalue weighted by Gasteiger charge is -2.35. The number of nitrogens with zero attached hydrogens (tertiary/aromatic N) is 1. The van der Waals surface area contributed by atoms with E-state index < -0.39 is 0 Å². The topological polar surface area (TPSA) is 42.4 Å². The maximum Gasteiger partial charge on any atom is 0.122 e. The van der Waals surface area contributed by atoms with Crippen LogP contribution in [-0.2, 0) is 6.42 Å². The number of methoxy groups -OCH3 is 1. The van der Waals surface area contributed by atoms with Crippen LogP contribution < -0.4 is 4.74 Å². The minimum Gasteiger partial charge on any atom is -0.497 e. The molecule has 3 heteroatoms. The molecule has 0 radical (unpaired) electrons. The van der Waals surface area contributed by atoms with E-state index in [9.17, 15) is 5.11 Å². The summed E-state index contributed by atoms with van der Waals surface area (Å²) in [5, 5.41) is 10.3. The molecule has 1 heterocycles. The van der Waals surface area contributed by atoms with Gasteiger partial charge >= 0.3 is 0 Å². The molecule has 3 nitrogen and oxygen atoms in total. The highest BCUT2D eigenvalue weighted by molar-refractivity contribution is 5.27. The van der Waals surface area contributed by atoms with Crippen molar-refractivity contribution in [3.63, 3.8) is 0 Å². The molecule has 1 aliphatic rings. The zero-order valence-electron chi connectivity index (χ0n) is 13.1. The first-order valence-electron chi connectivity index (χ1n) is 7.69. The van der Waals surface area contributed by atoms with Crippen LogP contribution in [0, 0.1) is 24.7 Å². The van der Waals surface area contributed by atoms with E-state index in [1.165, 1.54) is 0 Å². The standard InChI is InChI=1S/C17H27NO2/c1-11(2)13-5-6-17(19)14(8-13)9-15-10-16(20-4)7-12(3)18-15/h7,10-11,13-14,17,19H,5-6,8-9H2,1-4H3. The van der Waals surface area contributed by atoms with E-state index in [4.69, 9.17) is 4.74 Å². The van der Waals surface area contributed by atoms with Crippen LogP contribution in [0.3, 0.4) is 0 Å². The Kier molecular flexibility index (Phi) is 5.03. The van der Waals surface area contributed by atoms with Gasteiger partial charge in [-0.15, -0.1) is 0 Å². The second-order valence-electron chi connectivity index (χ2n) is 6.49. The minimum absolute atomic E-state index is 0.182. The molecule has 1 N–H and O–H groups in total. The summed E-state index contributed by atoms with van der Waals surface area (Å²) in [5.74, 6) is 2.62. The monoisotopic (exact) mass is 277 g/mol. The first-order valence-corrected chi connectivity index (χ1v) is 7.69. The zero-order chi connectivity index (χ0) is 14.7.